The highest BCUT2D eigenvalue weighted by Gasteiger charge is 2.18. The molecule has 3 rings (SSSR count). The van der Waals surface area contributed by atoms with E-state index in [1.54, 1.807) is 13.0 Å². The SMILES string of the molecule is Cc1c(C(=O)Nc2ccc(N(C)Cc3ccccc3)cc2)cccc1[N+](=O)[O-]. The lowest BCUT2D eigenvalue weighted by atomic mass is 10.1. The van der Waals surface area contributed by atoms with Gasteiger partial charge in [-0.3, -0.25) is 14.9 Å². The van der Waals surface area contributed by atoms with Crippen molar-refractivity contribution in [3.63, 3.8) is 0 Å². The topological polar surface area (TPSA) is 75.5 Å². The van der Waals surface area contributed by atoms with Gasteiger partial charge in [-0.25, -0.2) is 0 Å². The Hall–Kier alpha value is -3.67. The molecule has 0 aliphatic rings. The summed E-state index contributed by atoms with van der Waals surface area (Å²) >= 11 is 0. The number of amides is 1. The zero-order valence-corrected chi connectivity index (χ0v) is 15.8. The molecule has 0 atom stereocenters. The smallest absolute Gasteiger partial charge is 0.273 e. The number of anilines is 2. The summed E-state index contributed by atoms with van der Waals surface area (Å²) in [6.07, 6.45) is 0. The van der Waals surface area contributed by atoms with Gasteiger partial charge in [-0.15, -0.1) is 0 Å². The van der Waals surface area contributed by atoms with E-state index in [9.17, 15) is 14.9 Å². The number of rotatable bonds is 6. The number of nitrogens with zero attached hydrogens (tertiary/aromatic N) is 2. The lowest BCUT2D eigenvalue weighted by Crippen LogP contribution is -2.17. The predicted molar refractivity (Wildman–Crippen MR) is 111 cm³/mol. The van der Waals surface area contributed by atoms with Crippen LogP contribution in [0.4, 0.5) is 17.1 Å². The third-order valence-corrected chi connectivity index (χ3v) is 4.58. The van der Waals surface area contributed by atoms with Crippen LogP contribution in [-0.2, 0) is 6.54 Å². The van der Waals surface area contributed by atoms with E-state index in [2.05, 4.69) is 22.3 Å². The zero-order chi connectivity index (χ0) is 20.1. The van der Waals surface area contributed by atoms with Crippen LogP contribution in [0.1, 0.15) is 21.5 Å². The molecule has 3 aromatic carbocycles. The molecule has 0 bridgehead atoms. The van der Waals surface area contributed by atoms with Crippen LogP contribution < -0.4 is 10.2 Å². The fourth-order valence-corrected chi connectivity index (χ4v) is 3.01. The molecule has 0 heterocycles. The molecule has 0 aliphatic heterocycles. The maximum absolute atomic E-state index is 12.5. The first-order valence-corrected chi connectivity index (χ1v) is 8.86. The molecule has 1 N–H and O–H groups in total. The van der Waals surface area contributed by atoms with Crippen LogP contribution in [0, 0.1) is 17.0 Å². The van der Waals surface area contributed by atoms with Gasteiger partial charge in [0, 0.05) is 42.2 Å². The quantitative estimate of drug-likeness (QED) is 0.496. The van der Waals surface area contributed by atoms with Crippen LogP contribution in [-0.4, -0.2) is 17.9 Å². The number of nitrogens with one attached hydrogen (secondary N) is 1. The van der Waals surface area contributed by atoms with Crippen molar-refractivity contribution in [1.82, 2.24) is 0 Å². The normalized spacial score (nSPS) is 10.4. The lowest BCUT2D eigenvalue weighted by Gasteiger charge is -2.20. The second-order valence-corrected chi connectivity index (χ2v) is 6.55. The van der Waals surface area contributed by atoms with Gasteiger partial charge in [0.1, 0.15) is 0 Å². The van der Waals surface area contributed by atoms with Crippen molar-refractivity contribution < 1.29 is 9.72 Å². The second kappa shape index (κ2) is 8.35. The Bertz CT molecular complexity index is 986. The summed E-state index contributed by atoms with van der Waals surface area (Å²) in [5.41, 5.74) is 3.44. The molecule has 0 radical (unpaired) electrons. The summed E-state index contributed by atoms with van der Waals surface area (Å²) in [5, 5.41) is 13.9. The highest BCUT2D eigenvalue weighted by Crippen LogP contribution is 2.23. The van der Waals surface area contributed by atoms with Crippen molar-refractivity contribution >= 4 is 23.0 Å². The Balaban J connectivity index is 1.70. The molecule has 0 aromatic heterocycles. The van der Waals surface area contributed by atoms with E-state index in [0.29, 0.717) is 16.8 Å². The van der Waals surface area contributed by atoms with Gasteiger partial charge in [-0.05, 0) is 42.8 Å². The Morgan fingerprint density at radius 3 is 2.32 bits per heavy atom. The minimum atomic E-state index is -0.483. The summed E-state index contributed by atoms with van der Waals surface area (Å²) in [5.74, 6) is -0.369. The fraction of sp³-hybridized carbons (Fsp3) is 0.136. The van der Waals surface area contributed by atoms with E-state index < -0.39 is 4.92 Å². The number of nitro groups is 1. The summed E-state index contributed by atoms with van der Waals surface area (Å²) in [7, 11) is 2.01. The summed E-state index contributed by atoms with van der Waals surface area (Å²) < 4.78 is 0. The Morgan fingerprint density at radius 1 is 1.00 bits per heavy atom. The fourth-order valence-electron chi connectivity index (χ4n) is 3.01. The maximum atomic E-state index is 12.5. The molecule has 142 valence electrons. The molecule has 1 amide bonds. The second-order valence-electron chi connectivity index (χ2n) is 6.55. The number of carbonyl (C=O) groups excluding carboxylic acids is 1. The number of hydrogen-bond acceptors (Lipinski definition) is 4. The average molecular weight is 375 g/mol. The van der Waals surface area contributed by atoms with Crippen molar-refractivity contribution in [1.29, 1.82) is 0 Å². The highest BCUT2D eigenvalue weighted by atomic mass is 16.6. The van der Waals surface area contributed by atoms with E-state index in [1.165, 1.54) is 17.7 Å². The zero-order valence-electron chi connectivity index (χ0n) is 15.8. The van der Waals surface area contributed by atoms with Gasteiger partial charge in [0.25, 0.3) is 11.6 Å². The molecule has 6 nitrogen and oxygen atoms in total. The van der Waals surface area contributed by atoms with Crippen LogP contribution in [0.25, 0.3) is 0 Å². The molecule has 28 heavy (non-hydrogen) atoms. The van der Waals surface area contributed by atoms with Crippen LogP contribution in [0.3, 0.4) is 0 Å². The monoisotopic (exact) mass is 375 g/mol. The van der Waals surface area contributed by atoms with Crippen molar-refractivity contribution in [2.24, 2.45) is 0 Å². The molecular formula is C22H21N3O3. The molecule has 0 fully saturated rings. The van der Waals surface area contributed by atoms with E-state index in [1.807, 2.05) is 49.5 Å². The standard InChI is InChI=1S/C22H21N3O3/c1-16-20(9-6-10-21(16)25(27)28)22(26)23-18-11-13-19(14-12-18)24(2)15-17-7-4-3-5-8-17/h3-14H,15H2,1-2H3,(H,23,26). The van der Waals surface area contributed by atoms with Crippen molar-refractivity contribution in [3.05, 3.63) is 99.6 Å². The molecule has 3 aromatic rings. The first-order valence-electron chi connectivity index (χ1n) is 8.86. The van der Waals surface area contributed by atoms with Crippen molar-refractivity contribution in [2.75, 3.05) is 17.3 Å². The highest BCUT2D eigenvalue weighted by molar-refractivity contribution is 6.05. The van der Waals surface area contributed by atoms with Gasteiger partial charge in [0.15, 0.2) is 0 Å². The van der Waals surface area contributed by atoms with Crippen LogP contribution in [0.2, 0.25) is 0 Å². The number of nitro benzene ring substituents is 1. The van der Waals surface area contributed by atoms with Crippen LogP contribution in [0.5, 0.6) is 0 Å². The van der Waals surface area contributed by atoms with Gasteiger partial charge in [0.2, 0.25) is 0 Å². The van der Waals surface area contributed by atoms with Gasteiger partial charge in [-0.1, -0.05) is 36.4 Å². The number of carbonyl (C=O) groups is 1. The lowest BCUT2D eigenvalue weighted by molar-refractivity contribution is -0.385. The maximum Gasteiger partial charge on any atom is 0.273 e. The predicted octanol–water partition coefficient (Wildman–Crippen LogP) is 4.79. The number of hydrogen-bond donors (Lipinski definition) is 1. The van der Waals surface area contributed by atoms with Gasteiger partial charge in [0.05, 0.1) is 4.92 Å². The molecule has 0 spiro atoms. The summed E-state index contributed by atoms with van der Waals surface area (Å²) in [6.45, 7) is 2.36. The molecular weight excluding hydrogens is 354 g/mol. The van der Waals surface area contributed by atoms with Gasteiger partial charge in [-0.2, -0.15) is 0 Å². The van der Waals surface area contributed by atoms with E-state index >= 15 is 0 Å². The molecule has 0 saturated carbocycles. The molecule has 6 heteroatoms. The van der Waals surface area contributed by atoms with Crippen LogP contribution in [0.15, 0.2) is 72.8 Å². The van der Waals surface area contributed by atoms with E-state index in [4.69, 9.17) is 0 Å². The van der Waals surface area contributed by atoms with Crippen molar-refractivity contribution in [3.8, 4) is 0 Å². The first-order chi connectivity index (χ1) is 13.5. The molecule has 0 aliphatic carbocycles. The molecule has 0 unspecified atom stereocenters. The average Bonchev–Trinajstić information content (AvgIpc) is 2.69. The van der Waals surface area contributed by atoms with E-state index in [-0.39, 0.29) is 11.6 Å². The Labute approximate surface area is 163 Å². The first kappa shape index (κ1) is 19.1. The van der Waals surface area contributed by atoms with E-state index in [0.717, 1.165) is 12.2 Å². The third kappa shape index (κ3) is 4.35. The van der Waals surface area contributed by atoms with Gasteiger partial charge >= 0.3 is 0 Å². The Kier molecular flexibility index (Phi) is 5.69. The molecule has 0 saturated heterocycles. The largest absolute Gasteiger partial charge is 0.370 e. The van der Waals surface area contributed by atoms with Crippen molar-refractivity contribution in [2.45, 2.75) is 13.5 Å². The third-order valence-electron chi connectivity index (χ3n) is 4.58. The van der Waals surface area contributed by atoms with Gasteiger partial charge < -0.3 is 10.2 Å². The number of benzene rings is 3. The summed E-state index contributed by atoms with van der Waals surface area (Å²) in [4.78, 5) is 25.2. The minimum Gasteiger partial charge on any atom is -0.370 e. The minimum absolute atomic E-state index is 0.0643. The van der Waals surface area contributed by atoms with Crippen LogP contribution >= 0.6 is 0 Å². The summed E-state index contributed by atoms with van der Waals surface area (Å²) in [6, 6.07) is 22.2. The Morgan fingerprint density at radius 2 is 1.68 bits per heavy atom.